The molecule has 30 heavy (non-hydrogen) atoms. The molecule has 1 fully saturated rings. The molecule has 1 saturated heterocycles. The molecule has 0 spiro atoms. The molecule has 5 rings (SSSR count). The van der Waals surface area contributed by atoms with Gasteiger partial charge in [0.05, 0.1) is 10.9 Å². The topological polar surface area (TPSA) is 56.9 Å². The molecule has 6 nitrogen and oxygen atoms in total. The fourth-order valence-electron chi connectivity index (χ4n) is 3.89. The quantitative estimate of drug-likeness (QED) is 0.517. The number of aromatic nitrogens is 3. The first-order valence-electron chi connectivity index (χ1n) is 9.92. The summed E-state index contributed by atoms with van der Waals surface area (Å²) >= 11 is 7.62. The second-order valence-corrected chi connectivity index (χ2v) is 9.02. The average Bonchev–Trinajstić information content (AvgIpc) is 3.31. The monoisotopic (exact) mass is 439 g/mol. The van der Waals surface area contributed by atoms with Gasteiger partial charge in [0.25, 0.3) is 0 Å². The fraction of sp³-hybridized carbons (Fsp3) is 0.273. The number of hydrogen-bond acceptors (Lipinski definition) is 6. The predicted molar refractivity (Wildman–Crippen MR) is 120 cm³/mol. The van der Waals surface area contributed by atoms with Gasteiger partial charge in [-0.2, -0.15) is 9.50 Å². The summed E-state index contributed by atoms with van der Waals surface area (Å²) in [6, 6.07) is 17.6. The average molecular weight is 440 g/mol. The maximum absolute atomic E-state index is 11.1. The lowest BCUT2D eigenvalue weighted by Crippen LogP contribution is -2.46. The Bertz CT molecular complexity index is 1150. The van der Waals surface area contributed by atoms with Crippen molar-refractivity contribution in [3.8, 4) is 17.3 Å². The molecule has 1 atom stereocenters. The molecule has 2 aromatic carbocycles. The molecule has 0 saturated carbocycles. The molecule has 8 heteroatoms. The van der Waals surface area contributed by atoms with Crippen molar-refractivity contribution in [3.63, 3.8) is 0 Å². The summed E-state index contributed by atoms with van der Waals surface area (Å²) in [5, 5.41) is 16.4. The van der Waals surface area contributed by atoms with Crippen LogP contribution in [-0.2, 0) is 0 Å². The zero-order valence-electron chi connectivity index (χ0n) is 16.6. The van der Waals surface area contributed by atoms with Crippen LogP contribution in [0.3, 0.4) is 0 Å². The molecule has 1 unspecified atom stereocenters. The van der Waals surface area contributed by atoms with Gasteiger partial charge in [-0.05, 0) is 24.7 Å². The molecule has 1 aliphatic heterocycles. The SMILES string of the molecule is CN1CCN(C(c2ccc(Cl)cc2)c2sc3nc(-c4ccccc4)nn3c2O)CC1. The van der Waals surface area contributed by atoms with Crippen molar-refractivity contribution in [1.29, 1.82) is 0 Å². The van der Waals surface area contributed by atoms with Crippen LogP contribution >= 0.6 is 22.9 Å². The minimum Gasteiger partial charge on any atom is -0.492 e. The normalized spacial score (nSPS) is 16.9. The molecule has 1 N–H and O–H groups in total. The van der Waals surface area contributed by atoms with Gasteiger partial charge in [-0.15, -0.1) is 5.10 Å². The highest BCUT2D eigenvalue weighted by Gasteiger charge is 2.31. The molecular weight excluding hydrogens is 418 g/mol. The number of hydrogen-bond donors (Lipinski definition) is 1. The summed E-state index contributed by atoms with van der Waals surface area (Å²) in [5.74, 6) is 0.773. The van der Waals surface area contributed by atoms with E-state index in [9.17, 15) is 5.11 Å². The molecule has 0 aliphatic carbocycles. The van der Waals surface area contributed by atoms with Gasteiger partial charge < -0.3 is 10.0 Å². The van der Waals surface area contributed by atoms with Crippen molar-refractivity contribution in [2.45, 2.75) is 6.04 Å². The van der Waals surface area contributed by atoms with Crippen LogP contribution in [0.1, 0.15) is 16.5 Å². The number of rotatable bonds is 4. The van der Waals surface area contributed by atoms with Gasteiger partial charge >= 0.3 is 0 Å². The third-order valence-corrected chi connectivity index (χ3v) is 6.89. The van der Waals surface area contributed by atoms with Crippen LogP contribution in [-0.4, -0.2) is 62.7 Å². The van der Waals surface area contributed by atoms with Crippen LogP contribution in [0.25, 0.3) is 16.3 Å². The number of aromatic hydroxyl groups is 1. The lowest BCUT2D eigenvalue weighted by molar-refractivity contribution is 0.127. The standard InChI is InChI=1S/C22H22ClN5OS/c1-26-11-13-27(14-12-26)18(15-7-9-17(23)10-8-15)19-21(29)28-22(30-19)24-20(25-28)16-5-3-2-4-6-16/h2-10,18,29H,11-14H2,1H3. The number of fused-ring (bicyclic) bond motifs is 1. The van der Waals surface area contributed by atoms with E-state index in [2.05, 4.69) is 26.9 Å². The highest BCUT2D eigenvalue weighted by molar-refractivity contribution is 7.17. The number of likely N-dealkylation sites (N-methyl/N-ethyl adjacent to an activating group) is 1. The van der Waals surface area contributed by atoms with Crippen LogP contribution in [0.4, 0.5) is 0 Å². The molecule has 2 aromatic heterocycles. The summed E-state index contributed by atoms with van der Waals surface area (Å²) in [5.41, 5.74) is 2.04. The van der Waals surface area contributed by atoms with E-state index in [4.69, 9.17) is 11.6 Å². The van der Waals surface area contributed by atoms with Crippen molar-refractivity contribution < 1.29 is 5.11 Å². The zero-order chi connectivity index (χ0) is 20.7. The van der Waals surface area contributed by atoms with Gasteiger partial charge in [-0.3, -0.25) is 4.90 Å². The van der Waals surface area contributed by atoms with E-state index in [1.165, 1.54) is 11.3 Å². The largest absolute Gasteiger partial charge is 0.492 e. The fourth-order valence-corrected chi connectivity index (χ4v) is 5.13. The highest BCUT2D eigenvalue weighted by atomic mass is 35.5. The van der Waals surface area contributed by atoms with Crippen LogP contribution in [0.2, 0.25) is 5.02 Å². The Kier molecular flexibility index (Phi) is 5.20. The van der Waals surface area contributed by atoms with Gasteiger partial charge in [0.15, 0.2) is 5.82 Å². The summed E-state index contributed by atoms with van der Waals surface area (Å²) in [4.78, 5) is 11.0. The second kappa shape index (κ2) is 8.00. The van der Waals surface area contributed by atoms with Crippen LogP contribution in [0, 0.1) is 0 Å². The molecule has 0 bridgehead atoms. The van der Waals surface area contributed by atoms with Crippen molar-refractivity contribution >= 4 is 27.9 Å². The van der Waals surface area contributed by atoms with E-state index in [0.717, 1.165) is 42.2 Å². The van der Waals surface area contributed by atoms with Gasteiger partial charge in [0.1, 0.15) is 0 Å². The Labute approximate surface area is 184 Å². The second-order valence-electron chi connectivity index (χ2n) is 7.58. The first-order valence-corrected chi connectivity index (χ1v) is 11.1. The summed E-state index contributed by atoms with van der Waals surface area (Å²) < 4.78 is 1.56. The number of benzene rings is 2. The molecular formula is C22H22ClN5OS. The maximum atomic E-state index is 11.1. The van der Waals surface area contributed by atoms with Crippen LogP contribution in [0.5, 0.6) is 5.88 Å². The Morgan fingerprint density at radius 1 is 1.00 bits per heavy atom. The van der Waals surface area contributed by atoms with Crippen LogP contribution in [0.15, 0.2) is 54.6 Å². The summed E-state index contributed by atoms with van der Waals surface area (Å²) in [7, 11) is 2.14. The van der Waals surface area contributed by atoms with Crippen LogP contribution < -0.4 is 0 Å². The van der Waals surface area contributed by atoms with E-state index in [1.807, 2.05) is 54.6 Å². The molecule has 3 heterocycles. The lowest BCUT2D eigenvalue weighted by Gasteiger charge is -2.37. The third-order valence-electron chi connectivity index (χ3n) is 5.57. The molecule has 1 aliphatic rings. The van der Waals surface area contributed by atoms with E-state index in [1.54, 1.807) is 4.52 Å². The Balaban J connectivity index is 1.57. The zero-order valence-corrected chi connectivity index (χ0v) is 18.1. The van der Waals surface area contributed by atoms with Gasteiger partial charge in [-0.25, -0.2) is 0 Å². The minimum absolute atomic E-state index is 0.0651. The van der Waals surface area contributed by atoms with Crippen molar-refractivity contribution in [3.05, 3.63) is 70.1 Å². The first kappa shape index (κ1) is 19.5. The van der Waals surface area contributed by atoms with E-state index in [-0.39, 0.29) is 11.9 Å². The Morgan fingerprint density at radius 3 is 2.37 bits per heavy atom. The third kappa shape index (κ3) is 3.58. The Hall–Kier alpha value is -2.45. The smallest absolute Gasteiger partial charge is 0.230 e. The van der Waals surface area contributed by atoms with Crippen molar-refractivity contribution in [2.75, 3.05) is 33.2 Å². The number of piperazine rings is 1. The predicted octanol–water partition coefficient (Wildman–Crippen LogP) is 4.15. The van der Waals surface area contributed by atoms with Gasteiger partial charge in [0.2, 0.25) is 10.8 Å². The maximum Gasteiger partial charge on any atom is 0.230 e. The Morgan fingerprint density at radius 2 is 1.70 bits per heavy atom. The number of thiazole rings is 1. The van der Waals surface area contributed by atoms with Gasteiger partial charge in [-0.1, -0.05) is 65.4 Å². The molecule has 154 valence electrons. The number of halogens is 1. The lowest BCUT2D eigenvalue weighted by atomic mass is 10.0. The number of nitrogens with zero attached hydrogens (tertiary/aromatic N) is 5. The molecule has 0 radical (unpaired) electrons. The molecule has 0 amide bonds. The van der Waals surface area contributed by atoms with E-state index < -0.39 is 0 Å². The van der Waals surface area contributed by atoms with E-state index >= 15 is 0 Å². The van der Waals surface area contributed by atoms with Gasteiger partial charge in [0, 0.05) is 36.8 Å². The van der Waals surface area contributed by atoms with Crippen molar-refractivity contribution in [2.24, 2.45) is 0 Å². The summed E-state index contributed by atoms with van der Waals surface area (Å²) in [6.45, 7) is 3.83. The summed E-state index contributed by atoms with van der Waals surface area (Å²) in [6.07, 6.45) is 0. The molecule has 4 aromatic rings. The highest BCUT2D eigenvalue weighted by Crippen LogP contribution is 2.41. The minimum atomic E-state index is -0.0651. The van der Waals surface area contributed by atoms with E-state index in [0.29, 0.717) is 15.8 Å². The first-order chi connectivity index (χ1) is 14.6. The van der Waals surface area contributed by atoms with Crippen molar-refractivity contribution in [1.82, 2.24) is 24.4 Å².